The summed E-state index contributed by atoms with van der Waals surface area (Å²) in [5.74, 6) is 0.326. The molecule has 1 saturated heterocycles. The van der Waals surface area contributed by atoms with E-state index in [2.05, 4.69) is 51.6 Å². The fourth-order valence-electron chi connectivity index (χ4n) is 4.70. The number of rotatable bonds is 6. The molecule has 1 fully saturated rings. The lowest BCUT2D eigenvalue weighted by Gasteiger charge is -2.38. The van der Waals surface area contributed by atoms with Crippen LogP contribution in [-0.2, 0) is 11.3 Å². The van der Waals surface area contributed by atoms with E-state index >= 15 is 0 Å². The molecule has 2 unspecified atom stereocenters. The summed E-state index contributed by atoms with van der Waals surface area (Å²) in [6.45, 7) is 6.51. The first kappa shape index (κ1) is 21.3. The largest absolute Gasteiger partial charge is 0.370 e. The van der Waals surface area contributed by atoms with Crippen molar-refractivity contribution in [2.75, 3.05) is 39.3 Å². The summed E-state index contributed by atoms with van der Waals surface area (Å²) in [5.41, 5.74) is 4.02. The maximum atomic E-state index is 10.8. The highest BCUT2D eigenvalue weighted by Crippen LogP contribution is 2.41. The van der Waals surface area contributed by atoms with Crippen LogP contribution in [0.2, 0.25) is 0 Å². The summed E-state index contributed by atoms with van der Waals surface area (Å²) in [6, 6.07) is 19.8. The Kier molecular flexibility index (Phi) is 6.32. The van der Waals surface area contributed by atoms with E-state index in [1.54, 1.807) is 12.1 Å². The van der Waals surface area contributed by atoms with Gasteiger partial charge >= 0.3 is 0 Å². The van der Waals surface area contributed by atoms with Crippen LogP contribution < -0.4 is 0 Å². The van der Waals surface area contributed by atoms with Gasteiger partial charge in [0.15, 0.2) is 0 Å². The van der Waals surface area contributed by atoms with Gasteiger partial charge in [-0.25, -0.2) is 0 Å². The average molecular weight is 450 g/mol. The van der Waals surface area contributed by atoms with Crippen molar-refractivity contribution in [2.45, 2.75) is 18.6 Å². The zero-order valence-corrected chi connectivity index (χ0v) is 18.7. The molecule has 2 aromatic carbocycles. The highest BCUT2D eigenvalue weighted by Gasteiger charge is 2.32. The van der Waals surface area contributed by atoms with Gasteiger partial charge in [0.1, 0.15) is 6.10 Å². The van der Waals surface area contributed by atoms with Crippen LogP contribution in [0.25, 0.3) is 0 Å². The molecule has 32 heavy (non-hydrogen) atoms. The molecule has 1 aromatic heterocycles. The first-order chi connectivity index (χ1) is 15.7. The number of nitro groups is 1. The molecule has 3 aromatic rings. The second-order valence-corrected chi connectivity index (χ2v) is 9.47. The predicted octanol–water partition coefficient (Wildman–Crippen LogP) is 4.68. The Hall–Kier alpha value is -2.58. The summed E-state index contributed by atoms with van der Waals surface area (Å²) in [7, 11) is 0. The van der Waals surface area contributed by atoms with Gasteiger partial charge in [0.2, 0.25) is 0 Å². The number of fused-ring (bicyclic) bond motifs is 1. The monoisotopic (exact) mass is 449 g/mol. The summed E-state index contributed by atoms with van der Waals surface area (Å²) >= 11 is 1.82. The lowest BCUT2D eigenvalue weighted by atomic mass is 9.89. The topological polar surface area (TPSA) is 58.9 Å². The zero-order chi connectivity index (χ0) is 21.9. The third kappa shape index (κ3) is 4.61. The van der Waals surface area contributed by atoms with E-state index < -0.39 is 0 Å². The van der Waals surface area contributed by atoms with E-state index in [-0.39, 0.29) is 16.7 Å². The third-order valence-corrected chi connectivity index (χ3v) is 7.53. The number of piperazine rings is 1. The number of hydrogen-bond acceptors (Lipinski definition) is 6. The fraction of sp³-hybridized carbons (Fsp3) is 0.360. The molecular weight excluding hydrogens is 422 g/mol. The van der Waals surface area contributed by atoms with Gasteiger partial charge in [-0.3, -0.25) is 19.9 Å². The highest BCUT2D eigenvalue weighted by atomic mass is 32.1. The van der Waals surface area contributed by atoms with Crippen molar-refractivity contribution < 1.29 is 9.66 Å². The Morgan fingerprint density at radius 2 is 1.69 bits per heavy atom. The van der Waals surface area contributed by atoms with Crippen molar-refractivity contribution in [3.05, 3.63) is 97.7 Å². The molecular formula is C25H27N3O3S. The van der Waals surface area contributed by atoms with Gasteiger partial charge in [-0.2, -0.15) is 0 Å². The van der Waals surface area contributed by atoms with Crippen LogP contribution in [0.4, 0.5) is 5.69 Å². The summed E-state index contributed by atoms with van der Waals surface area (Å²) < 4.78 is 6.39. The molecule has 0 saturated carbocycles. The SMILES string of the molecule is O=[N+]([O-])c1ccc(CN2CCN(CC3OCC(c4ccccc4)c4ccsc43)CC2)cc1. The average Bonchev–Trinajstić information content (AvgIpc) is 3.32. The molecule has 3 heterocycles. The van der Waals surface area contributed by atoms with Crippen molar-refractivity contribution >= 4 is 17.0 Å². The number of benzene rings is 2. The summed E-state index contributed by atoms with van der Waals surface area (Å²) in [5, 5.41) is 13.0. The third-order valence-electron chi connectivity index (χ3n) is 6.50. The van der Waals surface area contributed by atoms with E-state index in [0.717, 1.165) is 51.4 Å². The lowest BCUT2D eigenvalue weighted by Crippen LogP contribution is -2.47. The molecule has 2 atom stereocenters. The second kappa shape index (κ2) is 9.50. The normalized spacial score (nSPS) is 21.9. The van der Waals surface area contributed by atoms with Crippen LogP contribution in [0.15, 0.2) is 66.0 Å². The minimum atomic E-state index is -0.350. The van der Waals surface area contributed by atoms with Crippen molar-refractivity contribution in [3.8, 4) is 0 Å². The van der Waals surface area contributed by atoms with Gasteiger partial charge in [0.05, 0.1) is 11.5 Å². The van der Waals surface area contributed by atoms with E-state index in [1.807, 2.05) is 23.5 Å². The number of nitrogens with zero attached hydrogens (tertiary/aromatic N) is 3. The van der Waals surface area contributed by atoms with E-state index in [9.17, 15) is 10.1 Å². The number of nitro benzene ring substituents is 1. The predicted molar refractivity (Wildman–Crippen MR) is 126 cm³/mol. The van der Waals surface area contributed by atoms with Crippen LogP contribution in [0, 0.1) is 10.1 Å². The molecule has 0 N–H and O–H groups in total. The first-order valence-corrected chi connectivity index (χ1v) is 12.0. The number of thiophene rings is 1. The van der Waals surface area contributed by atoms with Crippen LogP contribution in [0.3, 0.4) is 0 Å². The molecule has 166 valence electrons. The van der Waals surface area contributed by atoms with Gasteiger partial charge in [-0.05, 0) is 28.1 Å². The van der Waals surface area contributed by atoms with E-state index in [1.165, 1.54) is 16.0 Å². The van der Waals surface area contributed by atoms with E-state index in [4.69, 9.17) is 4.74 Å². The minimum Gasteiger partial charge on any atom is -0.370 e. The standard InChI is InChI=1S/C25H27N3O3S/c29-28(30)21-8-6-19(7-9-21)16-26-11-13-27(14-12-26)17-24-25-22(10-15-32-25)23(18-31-24)20-4-2-1-3-5-20/h1-10,15,23-24H,11-14,16-18H2. The van der Waals surface area contributed by atoms with Gasteiger partial charge in [-0.15, -0.1) is 11.3 Å². The van der Waals surface area contributed by atoms with Crippen molar-refractivity contribution in [1.29, 1.82) is 0 Å². The molecule has 7 heteroatoms. The first-order valence-electron chi connectivity index (χ1n) is 11.1. The number of non-ortho nitro benzene ring substituents is 1. The highest BCUT2D eigenvalue weighted by molar-refractivity contribution is 7.10. The lowest BCUT2D eigenvalue weighted by molar-refractivity contribution is -0.384. The van der Waals surface area contributed by atoms with Crippen LogP contribution >= 0.6 is 11.3 Å². The molecule has 2 aliphatic rings. The molecule has 0 spiro atoms. The Balaban J connectivity index is 1.16. The fourth-order valence-corrected chi connectivity index (χ4v) is 5.70. The number of ether oxygens (including phenoxy) is 1. The van der Waals surface area contributed by atoms with Gasteiger partial charge in [0.25, 0.3) is 5.69 Å². The van der Waals surface area contributed by atoms with Crippen molar-refractivity contribution in [1.82, 2.24) is 9.80 Å². The summed E-state index contributed by atoms with van der Waals surface area (Å²) in [4.78, 5) is 16.8. The van der Waals surface area contributed by atoms with Gasteiger partial charge in [0, 0.05) is 62.2 Å². The van der Waals surface area contributed by atoms with Crippen LogP contribution in [-0.4, -0.2) is 54.1 Å². The quantitative estimate of drug-likeness (QED) is 0.404. The minimum absolute atomic E-state index is 0.145. The Bertz CT molecular complexity index is 1050. The zero-order valence-electron chi connectivity index (χ0n) is 17.9. The van der Waals surface area contributed by atoms with Crippen molar-refractivity contribution in [3.63, 3.8) is 0 Å². The summed E-state index contributed by atoms with van der Waals surface area (Å²) in [6.07, 6.45) is 0.145. The molecule has 0 amide bonds. The smallest absolute Gasteiger partial charge is 0.269 e. The number of hydrogen-bond donors (Lipinski definition) is 0. The Morgan fingerprint density at radius 1 is 0.969 bits per heavy atom. The van der Waals surface area contributed by atoms with Crippen molar-refractivity contribution in [2.24, 2.45) is 0 Å². The van der Waals surface area contributed by atoms with E-state index in [0.29, 0.717) is 5.92 Å². The molecule has 0 radical (unpaired) electrons. The molecule has 0 aliphatic carbocycles. The van der Waals surface area contributed by atoms with Gasteiger partial charge < -0.3 is 4.74 Å². The Labute approximate surface area is 192 Å². The van der Waals surface area contributed by atoms with Crippen LogP contribution in [0.5, 0.6) is 0 Å². The molecule has 5 rings (SSSR count). The van der Waals surface area contributed by atoms with Crippen LogP contribution in [0.1, 0.15) is 33.6 Å². The Morgan fingerprint density at radius 3 is 2.41 bits per heavy atom. The second-order valence-electron chi connectivity index (χ2n) is 8.53. The van der Waals surface area contributed by atoms with Gasteiger partial charge in [-0.1, -0.05) is 42.5 Å². The maximum Gasteiger partial charge on any atom is 0.269 e. The molecule has 0 bridgehead atoms. The molecule has 2 aliphatic heterocycles. The maximum absolute atomic E-state index is 10.8. The molecule has 6 nitrogen and oxygen atoms in total.